The second kappa shape index (κ2) is 4.93. The number of ketones is 1. The van der Waals surface area contributed by atoms with Crippen molar-refractivity contribution in [3.05, 3.63) is 35.4 Å². The van der Waals surface area contributed by atoms with Gasteiger partial charge in [-0.25, -0.2) is 8.78 Å². The summed E-state index contributed by atoms with van der Waals surface area (Å²) in [5.74, 6) is -0.0781. The number of carbonyl (C=O) groups excluding carboxylic acids is 1. The van der Waals surface area contributed by atoms with Crippen LogP contribution >= 0.6 is 11.8 Å². The molecule has 1 aromatic rings. The lowest BCUT2D eigenvalue weighted by atomic mass is 10.0. The lowest BCUT2D eigenvalue weighted by Gasteiger charge is -2.22. The first kappa shape index (κ1) is 11.5. The minimum absolute atomic E-state index is 0.167. The second-order valence-corrected chi connectivity index (χ2v) is 4.72. The van der Waals surface area contributed by atoms with E-state index in [1.807, 2.05) is 0 Å². The van der Waals surface area contributed by atoms with Crippen LogP contribution in [0.5, 0.6) is 0 Å². The first-order chi connectivity index (χ1) is 7.68. The van der Waals surface area contributed by atoms with Gasteiger partial charge in [0, 0.05) is 18.1 Å². The number of halogens is 2. The molecule has 1 aliphatic heterocycles. The summed E-state index contributed by atoms with van der Waals surface area (Å²) >= 11 is 1.64. The SMILES string of the molecule is O=C(c1cc(F)ccc1F)C1CSCCN1. The summed E-state index contributed by atoms with van der Waals surface area (Å²) in [6, 6.07) is 2.54. The number of hydrogen-bond donors (Lipinski definition) is 1. The van der Waals surface area contributed by atoms with E-state index in [0.29, 0.717) is 5.75 Å². The highest BCUT2D eigenvalue weighted by Gasteiger charge is 2.24. The van der Waals surface area contributed by atoms with Gasteiger partial charge in [-0.2, -0.15) is 11.8 Å². The molecule has 1 saturated heterocycles. The summed E-state index contributed by atoms with van der Waals surface area (Å²) in [4.78, 5) is 11.9. The number of benzene rings is 1. The minimum atomic E-state index is -0.663. The maximum atomic E-state index is 13.4. The largest absolute Gasteiger partial charge is 0.306 e. The van der Waals surface area contributed by atoms with Crippen molar-refractivity contribution >= 4 is 17.5 Å². The Morgan fingerprint density at radius 1 is 1.44 bits per heavy atom. The Labute approximate surface area is 96.4 Å². The lowest BCUT2D eigenvalue weighted by molar-refractivity contribution is 0.0948. The molecule has 1 atom stereocenters. The number of nitrogens with one attached hydrogen (secondary N) is 1. The molecule has 0 bridgehead atoms. The van der Waals surface area contributed by atoms with Crippen LogP contribution in [0.15, 0.2) is 18.2 Å². The molecule has 0 aromatic heterocycles. The Bertz CT molecular complexity index is 405. The number of thioether (sulfide) groups is 1. The van der Waals surface area contributed by atoms with Crippen LogP contribution in [-0.2, 0) is 0 Å². The molecule has 0 spiro atoms. The topological polar surface area (TPSA) is 29.1 Å². The third-order valence-electron chi connectivity index (χ3n) is 2.43. The summed E-state index contributed by atoms with van der Waals surface area (Å²) in [6.45, 7) is 0.720. The molecular weight excluding hydrogens is 232 g/mol. The van der Waals surface area contributed by atoms with E-state index < -0.39 is 17.7 Å². The van der Waals surface area contributed by atoms with Crippen molar-refractivity contribution < 1.29 is 13.6 Å². The molecule has 1 aromatic carbocycles. The fourth-order valence-electron chi connectivity index (χ4n) is 1.61. The average Bonchev–Trinajstić information content (AvgIpc) is 2.32. The van der Waals surface area contributed by atoms with Crippen LogP contribution in [0.4, 0.5) is 8.78 Å². The minimum Gasteiger partial charge on any atom is -0.306 e. The van der Waals surface area contributed by atoms with E-state index in [4.69, 9.17) is 0 Å². The predicted octanol–water partition coefficient (Wildman–Crippen LogP) is 1.85. The van der Waals surface area contributed by atoms with Gasteiger partial charge in [0.1, 0.15) is 11.6 Å². The van der Waals surface area contributed by atoms with Crippen LogP contribution in [0.25, 0.3) is 0 Å². The van der Waals surface area contributed by atoms with Crippen LogP contribution in [0.2, 0.25) is 0 Å². The summed E-state index contributed by atoms with van der Waals surface area (Å²) in [6.07, 6.45) is 0. The Morgan fingerprint density at radius 2 is 2.25 bits per heavy atom. The molecule has 1 aliphatic rings. The van der Waals surface area contributed by atoms with Gasteiger partial charge in [-0.15, -0.1) is 0 Å². The number of carbonyl (C=O) groups is 1. The molecule has 16 heavy (non-hydrogen) atoms. The van der Waals surface area contributed by atoms with Crippen LogP contribution in [0.3, 0.4) is 0 Å². The van der Waals surface area contributed by atoms with Gasteiger partial charge in [0.05, 0.1) is 11.6 Å². The molecule has 1 N–H and O–H groups in total. The number of rotatable bonds is 2. The average molecular weight is 243 g/mol. The van der Waals surface area contributed by atoms with Crippen molar-refractivity contribution in [2.75, 3.05) is 18.1 Å². The molecule has 2 nitrogen and oxygen atoms in total. The monoisotopic (exact) mass is 243 g/mol. The van der Waals surface area contributed by atoms with E-state index in [1.165, 1.54) is 0 Å². The molecule has 1 unspecified atom stereocenters. The molecule has 0 saturated carbocycles. The normalized spacial score (nSPS) is 20.8. The zero-order valence-corrected chi connectivity index (χ0v) is 9.32. The second-order valence-electron chi connectivity index (χ2n) is 3.57. The molecule has 2 rings (SSSR count). The highest BCUT2D eigenvalue weighted by atomic mass is 32.2. The van der Waals surface area contributed by atoms with Crippen molar-refractivity contribution in [1.82, 2.24) is 5.32 Å². The molecule has 1 fully saturated rings. The molecule has 0 amide bonds. The van der Waals surface area contributed by atoms with Gasteiger partial charge >= 0.3 is 0 Å². The van der Waals surface area contributed by atoms with Gasteiger partial charge < -0.3 is 5.32 Å². The molecule has 0 radical (unpaired) electrons. The molecule has 1 heterocycles. The van der Waals surface area contributed by atoms with E-state index >= 15 is 0 Å². The maximum Gasteiger partial charge on any atom is 0.183 e. The molecule has 5 heteroatoms. The van der Waals surface area contributed by atoms with E-state index in [2.05, 4.69) is 5.32 Å². The van der Waals surface area contributed by atoms with E-state index in [-0.39, 0.29) is 11.3 Å². The van der Waals surface area contributed by atoms with Crippen molar-refractivity contribution in [2.24, 2.45) is 0 Å². The fourth-order valence-corrected chi connectivity index (χ4v) is 2.54. The van der Waals surface area contributed by atoms with Crippen LogP contribution in [-0.4, -0.2) is 29.9 Å². The van der Waals surface area contributed by atoms with Gasteiger partial charge in [0.15, 0.2) is 5.78 Å². The number of hydrogen-bond acceptors (Lipinski definition) is 3. The summed E-state index contributed by atoms with van der Waals surface area (Å²) < 4.78 is 26.3. The Morgan fingerprint density at radius 3 is 2.94 bits per heavy atom. The molecule has 0 aliphatic carbocycles. The summed E-state index contributed by atoms with van der Waals surface area (Å²) in [5.41, 5.74) is -0.167. The van der Waals surface area contributed by atoms with Crippen LogP contribution in [0.1, 0.15) is 10.4 Å². The third-order valence-corrected chi connectivity index (χ3v) is 3.49. The third kappa shape index (κ3) is 2.41. The van der Waals surface area contributed by atoms with Gasteiger partial charge in [0.2, 0.25) is 0 Å². The highest BCUT2D eigenvalue weighted by molar-refractivity contribution is 7.99. The quantitative estimate of drug-likeness (QED) is 0.804. The van der Waals surface area contributed by atoms with Crippen molar-refractivity contribution in [3.8, 4) is 0 Å². The van der Waals surface area contributed by atoms with E-state index in [9.17, 15) is 13.6 Å². The zero-order chi connectivity index (χ0) is 11.5. The van der Waals surface area contributed by atoms with Crippen molar-refractivity contribution in [1.29, 1.82) is 0 Å². The van der Waals surface area contributed by atoms with Gasteiger partial charge in [-0.1, -0.05) is 0 Å². The maximum absolute atomic E-state index is 13.4. The summed E-state index contributed by atoms with van der Waals surface area (Å²) in [5, 5.41) is 3.00. The molecular formula is C11H11F2NOS. The first-order valence-electron chi connectivity index (χ1n) is 4.99. The Kier molecular flexibility index (Phi) is 3.56. The van der Waals surface area contributed by atoms with E-state index in [1.54, 1.807) is 11.8 Å². The number of Topliss-reactive ketones (excluding diaryl/α,β-unsaturated/α-hetero) is 1. The van der Waals surface area contributed by atoms with Crippen molar-refractivity contribution in [2.45, 2.75) is 6.04 Å². The van der Waals surface area contributed by atoms with E-state index in [0.717, 1.165) is 30.5 Å². The highest BCUT2D eigenvalue weighted by Crippen LogP contribution is 2.16. The van der Waals surface area contributed by atoms with Crippen LogP contribution in [0, 0.1) is 11.6 Å². The summed E-state index contributed by atoms with van der Waals surface area (Å²) in [7, 11) is 0. The predicted molar refractivity (Wildman–Crippen MR) is 59.8 cm³/mol. The molecule has 86 valence electrons. The van der Waals surface area contributed by atoms with Gasteiger partial charge in [0.25, 0.3) is 0 Å². The first-order valence-corrected chi connectivity index (χ1v) is 6.14. The Hall–Kier alpha value is -0.940. The fraction of sp³-hybridized carbons (Fsp3) is 0.364. The standard InChI is InChI=1S/C11H11F2NOS/c12-7-1-2-9(13)8(5-7)11(15)10-6-16-4-3-14-10/h1-2,5,10,14H,3-4,6H2. The van der Waals surface area contributed by atoms with Crippen molar-refractivity contribution in [3.63, 3.8) is 0 Å². The van der Waals surface area contributed by atoms with Crippen LogP contribution < -0.4 is 5.32 Å². The van der Waals surface area contributed by atoms with Gasteiger partial charge in [-0.05, 0) is 18.2 Å². The Balaban J connectivity index is 2.22. The van der Waals surface area contributed by atoms with Gasteiger partial charge in [-0.3, -0.25) is 4.79 Å². The zero-order valence-electron chi connectivity index (χ0n) is 8.50. The smallest absolute Gasteiger partial charge is 0.183 e. The lowest BCUT2D eigenvalue weighted by Crippen LogP contribution is -2.43.